The Morgan fingerprint density at radius 3 is 2.65 bits per heavy atom. The topological polar surface area (TPSA) is 66.5 Å². The molecule has 1 atom stereocenters. The van der Waals surface area contributed by atoms with Crippen LogP contribution in [0.5, 0.6) is 0 Å². The monoisotopic (exact) mass is 262 g/mol. The first-order chi connectivity index (χ1) is 7.89. The summed E-state index contributed by atoms with van der Waals surface area (Å²) in [6, 6.07) is 0. The lowest BCUT2D eigenvalue weighted by molar-refractivity contribution is -0.121. The summed E-state index contributed by atoms with van der Waals surface area (Å²) in [5.74, 6) is 0.420. The molecule has 0 radical (unpaired) electrons. The van der Waals surface area contributed by atoms with Gasteiger partial charge in [0.1, 0.15) is 0 Å². The molecule has 100 valence electrons. The minimum Gasteiger partial charge on any atom is -0.356 e. The summed E-state index contributed by atoms with van der Waals surface area (Å²) in [7, 11) is 1.12. The Bertz CT molecular complexity index is 352. The average Bonchev–Trinajstić information content (AvgIpc) is 2.52. The molecule has 1 fully saturated rings. The summed E-state index contributed by atoms with van der Waals surface area (Å²) in [4.78, 5) is 13.6. The molecule has 1 saturated heterocycles. The summed E-state index contributed by atoms with van der Waals surface area (Å²) in [6.45, 7) is 1.61. The second-order valence-electron chi connectivity index (χ2n) is 4.98. The minimum atomic E-state index is -2.86. The van der Waals surface area contributed by atoms with Gasteiger partial charge in [-0.3, -0.25) is 4.79 Å². The Morgan fingerprint density at radius 1 is 1.41 bits per heavy atom. The van der Waals surface area contributed by atoms with Crippen molar-refractivity contribution in [2.45, 2.75) is 19.3 Å². The van der Waals surface area contributed by atoms with Gasteiger partial charge < -0.3 is 10.2 Å². The number of amides is 1. The molecule has 1 aliphatic rings. The van der Waals surface area contributed by atoms with Gasteiger partial charge in [-0.05, 0) is 39.4 Å². The first-order valence-electron chi connectivity index (χ1n) is 6.01. The van der Waals surface area contributed by atoms with E-state index in [0.29, 0.717) is 19.4 Å². The molecule has 0 spiro atoms. The van der Waals surface area contributed by atoms with Crippen LogP contribution < -0.4 is 5.32 Å². The predicted molar refractivity (Wildman–Crippen MR) is 67.6 cm³/mol. The number of nitrogens with zero attached hydrogens (tertiary/aromatic N) is 1. The van der Waals surface area contributed by atoms with Gasteiger partial charge in [-0.2, -0.15) is 0 Å². The number of hydrogen-bond acceptors (Lipinski definition) is 4. The van der Waals surface area contributed by atoms with Crippen molar-refractivity contribution in [3.63, 3.8) is 0 Å². The number of nitrogens with one attached hydrogen (secondary N) is 1. The van der Waals surface area contributed by atoms with E-state index in [1.807, 2.05) is 14.1 Å². The van der Waals surface area contributed by atoms with Gasteiger partial charge in [-0.15, -0.1) is 0 Å². The fraction of sp³-hybridized carbons (Fsp3) is 0.909. The number of sulfone groups is 1. The van der Waals surface area contributed by atoms with Gasteiger partial charge >= 0.3 is 0 Å². The third-order valence-corrected chi connectivity index (χ3v) is 4.74. The predicted octanol–water partition coefficient (Wildman–Crippen LogP) is -0.121. The Hall–Kier alpha value is -0.620. The van der Waals surface area contributed by atoms with Crippen LogP contribution in [-0.4, -0.2) is 57.9 Å². The highest BCUT2D eigenvalue weighted by Crippen LogP contribution is 2.21. The molecule has 0 bridgehead atoms. The van der Waals surface area contributed by atoms with Crippen LogP contribution in [0.2, 0.25) is 0 Å². The highest BCUT2D eigenvalue weighted by Gasteiger charge is 2.29. The van der Waals surface area contributed by atoms with Crippen molar-refractivity contribution in [2.24, 2.45) is 5.92 Å². The highest BCUT2D eigenvalue weighted by molar-refractivity contribution is 7.91. The van der Waals surface area contributed by atoms with Crippen LogP contribution in [0.25, 0.3) is 0 Å². The summed E-state index contributed by atoms with van der Waals surface area (Å²) in [5.41, 5.74) is 0. The van der Waals surface area contributed by atoms with Gasteiger partial charge in [0.25, 0.3) is 0 Å². The second kappa shape index (κ2) is 6.35. The minimum absolute atomic E-state index is 0.0221. The zero-order valence-electron chi connectivity index (χ0n) is 10.6. The van der Waals surface area contributed by atoms with Gasteiger partial charge in [0.2, 0.25) is 5.91 Å². The molecule has 0 aromatic rings. The van der Waals surface area contributed by atoms with Crippen LogP contribution in [0, 0.1) is 5.92 Å². The van der Waals surface area contributed by atoms with Gasteiger partial charge in [-0.1, -0.05) is 0 Å². The third kappa shape index (κ3) is 6.02. The molecule has 0 saturated carbocycles. The molecule has 5 nitrogen and oxygen atoms in total. The Morgan fingerprint density at radius 2 is 2.12 bits per heavy atom. The molecule has 1 heterocycles. The maximum atomic E-state index is 11.5. The van der Waals surface area contributed by atoms with Gasteiger partial charge in [-0.25, -0.2) is 8.42 Å². The molecule has 1 amide bonds. The maximum Gasteiger partial charge on any atom is 0.220 e. The van der Waals surface area contributed by atoms with E-state index in [1.165, 1.54) is 0 Å². The summed E-state index contributed by atoms with van der Waals surface area (Å²) in [5, 5.41) is 2.83. The van der Waals surface area contributed by atoms with E-state index in [4.69, 9.17) is 0 Å². The van der Waals surface area contributed by atoms with Crippen molar-refractivity contribution < 1.29 is 13.2 Å². The first kappa shape index (κ1) is 14.4. The average molecular weight is 262 g/mol. The quantitative estimate of drug-likeness (QED) is 0.678. The van der Waals surface area contributed by atoms with E-state index in [0.717, 1.165) is 13.0 Å². The normalized spacial score (nSPS) is 22.9. The van der Waals surface area contributed by atoms with Crippen molar-refractivity contribution in [2.75, 3.05) is 38.7 Å². The maximum absolute atomic E-state index is 11.5. The van der Waals surface area contributed by atoms with Crippen LogP contribution in [0.3, 0.4) is 0 Å². The summed E-state index contributed by atoms with van der Waals surface area (Å²) in [6.07, 6.45) is 1.90. The Labute approximate surface area is 103 Å². The van der Waals surface area contributed by atoms with Crippen LogP contribution in [0.1, 0.15) is 19.3 Å². The van der Waals surface area contributed by atoms with Crippen LogP contribution >= 0.6 is 0 Å². The van der Waals surface area contributed by atoms with Crippen molar-refractivity contribution in [3.8, 4) is 0 Å². The number of hydrogen-bond donors (Lipinski definition) is 1. The smallest absolute Gasteiger partial charge is 0.220 e. The molecule has 1 unspecified atom stereocenters. The second-order valence-corrected chi connectivity index (χ2v) is 7.21. The SMILES string of the molecule is CN(C)CCCNC(=O)CC1CCS(=O)(=O)C1. The van der Waals surface area contributed by atoms with Gasteiger partial charge in [0.15, 0.2) is 9.84 Å². The fourth-order valence-electron chi connectivity index (χ4n) is 1.99. The van der Waals surface area contributed by atoms with Crippen molar-refractivity contribution >= 4 is 15.7 Å². The van der Waals surface area contributed by atoms with Crippen LogP contribution in [-0.2, 0) is 14.6 Å². The summed E-state index contributed by atoms with van der Waals surface area (Å²) >= 11 is 0. The highest BCUT2D eigenvalue weighted by atomic mass is 32.2. The molecule has 0 aromatic carbocycles. The number of rotatable bonds is 6. The third-order valence-electron chi connectivity index (χ3n) is 2.91. The van der Waals surface area contributed by atoms with Crippen molar-refractivity contribution in [1.29, 1.82) is 0 Å². The Balaban J connectivity index is 2.14. The van der Waals surface area contributed by atoms with E-state index >= 15 is 0 Å². The first-order valence-corrected chi connectivity index (χ1v) is 7.83. The van der Waals surface area contributed by atoms with E-state index in [2.05, 4.69) is 10.2 Å². The van der Waals surface area contributed by atoms with Gasteiger partial charge in [0.05, 0.1) is 11.5 Å². The lowest BCUT2D eigenvalue weighted by Crippen LogP contribution is -2.28. The summed E-state index contributed by atoms with van der Waals surface area (Å²) < 4.78 is 22.4. The fourth-order valence-corrected chi connectivity index (χ4v) is 3.85. The van der Waals surface area contributed by atoms with Crippen LogP contribution in [0.15, 0.2) is 0 Å². The molecular weight excluding hydrogens is 240 g/mol. The van der Waals surface area contributed by atoms with Gasteiger partial charge in [0, 0.05) is 13.0 Å². The molecule has 1 rings (SSSR count). The number of carbonyl (C=O) groups is 1. The molecule has 17 heavy (non-hydrogen) atoms. The zero-order chi connectivity index (χ0) is 12.9. The van der Waals surface area contributed by atoms with Crippen LogP contribution in [0.4, 0.5) is 0 Å². The lowest BCUT2D eigenvalue weighted by atomic mass is 10.1. The lowest BCUT2D eigenvalue weighted by Gasteiger charge is -2.11. The van der Waals surface area contributed by atoms with Crippen molar-refractivity contribution in [3.05, 3.63) is 0 Å². The zero-order valence-corrected chi connectivity index (χ0v) is 11.4. The molecule has 0 aromatic heterocycles. The van der Waals surface area contributed by atoms with E-state index in [1.54, 1.807) is 0 Å². The molecular formula is C11H22N2O3S. The molecule has 0 aliphatic carbocycles. The standard InChI is InChI=1S/C11H22N2O3S/c1-13(2)6-3-5-12-11(14)8-10-4-7-17(15,16)9-10/h10H,3-9H2,1-2H3,(H,12,14). The Kier molecular flexibility index (Phi) is 5.39. The molecule has 1 N–H and O–H groups in total. The van der Waals surface area contributed by atoms with E-state index in [-0.39, 0.29) is 23.3 Å². The van der Waals surface area contributed by atoms with Crippen molar-refractivity contribution in [1.82, 2.24) is 10.2 Å². The van der Waals surface area contributed by atoms with E-state index < -0.39 is 9.84 Å². The molecule has 6 heteroatoms. The van der Waals surface area contributed by atoms with E-state index in [9.17, 15) is 13.2 Å². The largest absolute Gasteiger partial charge is 0.356 e. The number of carbonyl (C=O) groups excluding carboxylic acids is 1. The molecule has 1 aliphatic heterocycles.